The van der Waals surface area contributed by atoms with Gasteiger partial charge in [-0.25, -0.2) is 4.79 Å². The number of hydrogen-bond donors (Lipinski definition) is 3. The molecule has 3 aromatic carbocycles. The zero-order valence-corrected chi connectivity index (χ0v) is 22.9. The fourth-order valence-corrected chi connectivity index (χ4v) is 4.32. The smallest absolute Gasteiger partial charge is 0.416 e. The first kappa shape index (κ1) is 30.7. The minimum absolute atomic E-state index is 0.170. The Balaban J connectivity index is 1.56. The number of aryl methyl sites for hydroxylation is 3. The maximum Gasteiger partial charge on any atom is 0.416 e. The molecule has 6 nitrogen and oxygen atoms in total. The zero-order chi connectivity index (χ0) is 29.7. The lowest BCUT2D eigenvalue weighted by molar-refractivity contribution is -0.146. The highest BCUT2D eigenvalue weighted by molar-refractivity contribution is 5.94. The number of amides is 1. The van der Waals surface area contributed by atoms with E-state index in [4.69, 9.17) is 9.84 Å². The Kier molecular flexibility index (Phi) is 9.63. The highest BCUT2D eigenvalue weighted by atomic mass is 19.4. The molecule has 1 atom stereocenters. The number of halogens is 3. The van der Waals surface area contributed by atoms with E-state index in [0.717, 1.165) is 52.8 Å². The predicted octanol–water partition coefficient (Wildman–Crippen LogP) is 6.20. The predicted molar refractivity (Wildman–Crippen MR) is 146 cm³/mol. The molecule has 0 fully saturated rings. The van der Waals surface area contributed by atoms with E-state index in [-0.39, 0.29) is 12.0 Å². The van der Waals surface area contributed by atoms with Crippen LogP contribution in [-0.2, 0) is 17.4 Å². The number of carbonyl (C=O) groups is 2. The number of aliphatic hydroxyl groups is 1. The molecule has 0 aliphatic carbocycles. The minimum Gasteiger partial charge on any atom is -0.493 e. The fourth-order valence-electron chi connectivity index (χ4n) is 4.32. The number of ether oxygens (including phenoxy) is 1. The molecule has 1 amide bonds. The first-order valence-corrected chi connectivity index (χ1v) is 12.9. The molecule has 0 saturated heterocycles. The van der Waals surface area contributed by atoms with Crippen molar-refractivity contribution in [3.63, 3.8) is 0 Å². The number of benzene rings is 3. The van der Waals surface area contributed by atoms with Crippen LogP contribution in [0.15, 0.2) is 60.7 Å². The number of aliphatic carboxylic acids is 1. The van der Waals surface area contributed by atoms with Crippen LogP contribution in [0.4, 0.5) is 13.2 Å². The Labute approximate surface area is 231 Å². The van der Waals surface area contributed by atoms with Gasteiger partial charge < -0.3 is 20.3 Å². The molecule has 0 bridgehead atoms. The quantitative estimate of drug-likeness (QED) is 0.261. The normalized spacial score (nSPS) is 12.6. The second-order valence-corrected chi connectivity index (χ2v) is 10.7. The van der Waals surface area contributed by atoms with Crippen LogP contribution >= 0.6 is 0 Å². The van der Waals surface area contributed by atoms with Crippen molar-refractivity contribution in [2.24, 2.45) is 5.41 Å². The highest BCUT2D eigenvalue weighted by Crippen LogP contribution is 2.35. The summed E-state index contributed by atoms with van der Waals surface area (Å²) >= 11 is 0. The minimum atomic E-state index is -4.37. The maximum atomic E-state index is 12.9. The van der Waals surface area contributed by atoms with Crippen molar-refractivity contribution in [1.29, 1.82) is 0 Å². The molecule has 0 radical (unpaired) electrons. The third-order valence-corrected chi connectivity index (χ3v) is 6.68. The number of carboxylic acid groups (broad SMARTS) is 1. The van der Waals surface area contributed by atoms with E-state index in [9.17, 15) is 27.9 Å². The molecule has 1 unspecified atom stereocenters. The van der Waals surface area contributed by atoms with Crippen molar-refractivity contribution in [2.75, 3.05) is 13.2 Å². The van der Waals surface area contributed by atoms with Gasteiger partial charge in [-0.05, 0) is 96.3 Å². The van der Waals surface area contributed by atoms with E-state index in [1.165, 1.54) is 12.1 Å². The summed E-state index contributed by atoms with van der Waals surface area (Å²) in [7, 11) is 0. The molecule has 0 spiro atoms. The summed E-state index contributed by atoms with van der Waals surface area (Å²) in [6.45, 7) is 8.10. The molecule has 3 aromatic rings. The number of alkyl halides is 3. The molecule has 40 heavy (non-hydrogen) atoms. The van der Waals surface area contributed by atoms with Gasteiger partial charge in [0.1, 0.15) is 5.75 Å². The number of rotatable bonds is 11. The Morgan fingerprint density at radius 3 is 2.05 bits per heavy atom. The van der Waals surface area contributed by atoms with Crippen LogP contribution in [0, 0.1) is 19.3 Å². The Morgan fingerprint density at radius 1 is 0.950 bits per heavy atom. The van der Waals surface area contributed by atoms with Gasteiger partial charge in [0.2, 0.25) is 0 Å². The zero-order valence-electron chi connectivity index (χ0n) is 22.9. The Morgan fingerprint density at radius 2 is 1.52 bits per heavy atom. The molecule has 3 rings (SSSR count). The van der Waals surface area contributed by atoms with E-state index in [1.54, 1.807) is 12.1 Å². The molecule has 214 valence electrons. The number of nitrogens with one attached hydrogen (secondary N) is 1. The Hall–Kier alpha value is -3.85. The fraction of sp³-hybridized carbons (Fsp3) is 0.355. The van der Waals surface area contributed by atoms with Crippen molar-refractivity contribution in [3.05, 3.63) is 88.5 Å². The van der Waals surface area contributed by atoms with E-state index < -0.39 is 29.7 Å². The van der Waals surface area contributed by atoms with Crippen LogP contribution in [0.5, 0.6) is 5.75 Å². The molecule has 3 N–H and O–H groups in total. The van der Waals surface area contributed by atoms with Gasteiger partial charge in [-0.2, -0.15) is 13.2 Å². The van der Waals surface area contributed by atoms with Gasteiger partial charge in [0, 0.05) is 5.56 Å². The van der Waals surface area contributed by atoms with Crippen LogP contribution in [0.3, 0.4) is 0 Å². The van der Waals surface area contributed by atoms with Crippen LogP contribution < -0.4 is 10.1 Å². The van der Waals surface area contributed by atoms with Gasteiger partial charge in [0.05, 0.1) is 18.7 Å². The summed E-state index contributed by atoms with van der Waals surface area (Å²) in [6.07, 6.45) is -4.47. The third kappa shape index (κ3) is 8.32. The Bertz CT molecular complexity index is 1310. The van der Waals surface area contributed by atoms with Gasteiger partial charge >= 0.3 is 12.1 Å². The van der Waals surface area contributed by atoms with Crippen molar-refractivity contribution >= 4 is 11.9 Å². The number of carboxylic acids is 1. The molecule has 9 heteroatoms. The summed E-state index contributed by atoms with van der Waals surface area (Å²) in [5.41, 5.74) is 3.98. The standard InChI is InChI=1S/C31H34F3NO5/c1-19-15-25(16-20(2)27(19)22-9-11-24(12-10-22)31(32,33)34)40-18-30(3,4)14-13-21-5-7-23(8-6-21)28(37)35-17-26(36)29(38)39/h5-12,15-16,26,36H,13-14,17-18H2,1-4H3,(H,35,37)(H,38,39). The van der Waals surface area contributed by atoms with Crippen molar-refractivity contribution in [3.8, 4) is 16.9 Å². The van der Waals surface area contributed by atoms with Crippen LogP contribution in [-0.4, -0.2) is 41.3 Å². The van der Waals surface area contributed by atoms with Gasteiger partial charge in [-0.3, -0.25) is 4.79 Å². The molecular weight excluding hydrogens is 523 g/mol. The monoisotopic (exact) mass is 557 g/mol. The first-order chi connectivity index (χ1) is 18.7. The lowest BCUT2D eigenvalue weighted by Gasteiger charge is -2.25. The van der Waals surface area contributed by atoms with Gasteiger partial charge in [-0.1, -0.05) is 38.1 Å². The van der Waals surface area contributed by atoms with E-state index in [0.29, 0.717) is 17.9 Å². The topological polar surface area (TPSA) is 95.9 Å². The average Bonchev–Trinajstić information content (AvgIpc) is 2.89. The summed E-state index contributed by atoms with van der Waals surface area (Å²) in [5.74, 6) is -1.17. The van der Waals surface area contributed by atoms with E-state index in [1.807, 2.05) is 38.1 Å². The number of aliphatic hydroxyl groups excluding tert-OH is 1. The van der Waals surface area contributed by atoms with Gasteiger partial charge in [0.15, 0.2) is 6.10 Å². The third-order valence-electron chi connectivity index (χ3n) is 6.68. The highest BCUT2D eigenvalue weighted by Gasteiger charge is 2.30. The van der Waals surface area contributed by atoms with Crippen LogP contribution in [0.2, 0.25) is 0 Å². The number of hydrogen-bond acceptors (Lipinski definition) is 4. The van der Waals surface area contributed by atoms with Crippen molar-refractivity contribution < 1.29 is 37.7 Å². The molecule has 0 aromatic heterocycles. The summed E-state index contributed by atoms with van der Waals surface area (Å²) < 4.78 is 44.9. The maximum absolute atomic E-state index is 12.9. The summed E-state index contributed by atoms with van der Waals surface area (Å²) in [6, 6.07) is 16.0. The van der Waals surface area contributed by atoms with E-state index in [2.05, 4.69) is 19.2 Å². The van der Waals surface area contributed by atoms with Crippen LogP contribution in [0.25, 0.3) is 11.1 Å². The molecule has 0 saturated carbocycles. The van der Waals surface area contributed by atoms with Gasteiger partial charge in [-0.15, -0.1) is 0 Å². The van der Waals surface area contributed by atoms with Crippen molar-refractivity contribution in [2.45, 2.75) is 52.8 Å². The van der Waals surface area contributed by atoms with Crippen LogP contribution in [0.1, 0.15) is 52.9 Å². The second-order valence-electron chi connectivity index (χ2n) is 10.7. The molecular formula is C31H34F3NO5. The molecule has 0 heterocycles. The second kappa shape index (κ2) is 12.6. The van der Waals surface area contributed by atoms with Crippen molar-refractivity contribution in [1.82, 2.24) is 5.32 Å². The molecule has 0 aliphatic heterocycles. The number of carbonyl (C=O) groups excluding carboxylic acids is 1. The lowest BCUT2D eigenvalue weighted by Crippen LogP contribution is -2.36. The SMILES string of the molecule is Cc1cc(OCC(C)(C)CCc2ccc(C(=O)NCC(O)C(=O)O)cc2)cc(C)c1-c1ccc(C(F)(F)F)cc1. The van der Waals surface area contributed by atoms with E-state index >= 15 is 0 Å². The summed E-state index contributed by atoms with van der Waals surface area (Å²) in [4.78, 5) is 22.8. The largest absolute Gasteiger partial charge is 0.493 e. The van der Waals surface area contributed by atoms with Gasteiger partial charge in [0.25, 0.3) is 5.91 Å². The average molecular weight is 558 g/mol. The first-order valence-electron chi connectivity index (χ1n) is 12.9. The molecule has 0 aliphatic rings. The lowest BCUT2D eigenvalue weighted by atomic mass is 9.87. The summed E-state index contributed by atoms with van der Waals surface area (Å²) in [5, 5.41) is 20.4.